The Labute approximate surface area is 126 Å². The molecule has 0 aromatic carbocycles. The first-order valence-corrected chi connectivity index (χ1v) is 7.35. The summed E-state index contributed by atoms with van der Waals surface area (Å²) in [6.45, 7) is 4.69. The summed E-state index contributed by atoms with van der Waals surface area (Å²) < 4.78 is 29.1. The second-order valence-electron chi connectivity index (χ2n) is 3.29. The molecule has 3 N–H and O–H groups in total. The minimum absolute atomic E-state index is 0. The van der Waals surface area contributed by atoms with E-state index in [1.54, 1.807) is 7.05 Å². The zero-order valence-electron chi connectivity index (χ0n) is 11.0. The van der Waals surface area contributed by atoms with Crippen LogP contribution in [0.3, 0.4) is 0 Å². The van der Waals surface area contributed by atoms with Crippen LogP contribution in [0.1, 0.15) is 6.92 Å². The smallest absolute Gasteiger partial charge is 0.208 e. The van der Waals surface area contributed by atoms with Crippen LogP contribution in [-0.4, -0.2) is 60.5 Å². The Kier molecular flexibility index (Phi) is 13.4. The van der Waals surface area contributed by atoms with Gasteiger partial charge in [0.15, 0.2) is 5.96 Å². The predicted molar refractivity (Wildman–Crippen MR) is 84.1 cm³/mol. The lowest BCUT2D eigenvalue weighted by molar-refractivity contribution is 0.152. The van der Waals surface area contributed by atoms with Gasteiger partial charge in [0.25, 0.3) is 0 Å². The lowest BCUT2D eigenvalue weighted by Crippen LogP contribution is -2.42. The molecule has 110 valence electrons. The summed E-state index contributed by atoms with van der Waals surface area (Å²) in [5, 5.41) is 6.01. The molecule has 0 aliphatic heterocycles. The van der Waals surface area contributed by atoms with Crippen LogP contribution in [0.2, 0.25) is 0 Å². The molecule has 0 saturated carbocycles. The van der Waals surface area contributed by atoms with Crippen molar-refractivity contribution < 1.29 is 13.2 Å². The van der Waals surface area contributed by atoms with Gasteiger partial charge < -0.3 is 15.4 Å². The van der Waals surface area contributed by atoms with Gasteiger partial charge in [-0.1, -0.05) is 0 Å². The molecule has 0 heterocycles. The number of hydrogen-bond acceptors (Lipinski definition) is 4. The fourth-order valence-electron chi connectivity index (χ4n) is 1.02. The first-order chi connectivity index (χ1) is 7.99. The molecule has 0 spiro atoms. The van der Waals surface area contributed by atoms with Gasteiger partial charge in [0.2, 0.25) is 10.0 Å². The van der Waals surface area contributed by atoms with E-state index in [1.807, 2.05) is 6.92 Å². The fourth-order valence-corrected chi connectivity index (χ4v) is 1.50. The molecule has 0 aliphatic carbocycles. The number of guanidine groups is 1. The first-order valence-electron chi connectivity index (χ1n) is 5.46. The van der Waals surface area contributed by atoms with Gasteiger partial charge in [0.1, 0.15) is 0 Å². The van der Waals surface area contributed by atoms with Crippen LogP contribution < -0.4 is 15.4 Å². The summed E-state index contributed by atoms with van der Waals surface area (Å²) in [5.74, 6) is 0.625. The number of ether oxygens (including phenoxy) is 1. The third kappa shape index (κ3) is 13.9. The summed E-state index contributed by atoms with van der Waals surface area (Å²) in [5.41, 5.74) is 0. The largest absolute Gasteiger partial charge is 0.380 e. The Morgan fingerprint density at radius 2 is 1.83 bits per heavy atom. The highest BCUT2D eigenvalue weighted by Crippen LogP contribution is 1.74. The molecule has 0 saturated heterocycles. The number of rotatable bonds is 8. The third-order valence-corrected chi connectivity index (χ3v) is 2.48. The van der Waals surface area contributed by atoms with Crippen molar-refractivity contribution in [2.45, 2.75) is 6.92 Å². The van der Waals surface area contributed by atoms with Crippen molar-refractivity contribution >= 4 is 40.0 Å². The minimum Gasteiger partial charge on any atom is -0.380 e. The van der Waals surface area contributed by atoms with E-state index in [-0.39, 0.29) is 24.0 Å². The molecule has 0 rings (SSSR count). The van der Waals surface area contributed by atoms with Crippen molar-refractivity contribution in [3.8, 4) is 0 Å². The van der Waals surface area contributed by atoms with Gasteiger partial charge in [-0.2, -0.15) is 0 Å². The highest BCUT2D eigenvalue weighted by molar-refractivity contribution is 14.0. The quantitative estimate of drug-likeness (QED) is 0.220. The van der Waals surface area contributed by atoms with Gasteiger partial charge in [0, 0.05) is 33.3 Å². The molecule has 0 radical (unpaired) electrons. The van der Waals surface area contributed by atoms with E-state index >= 15 is 0 Å². The molecule has 0 bridgehead atoms. The topological polar surface area (TPSA) is 91.8 Å². The number of nitrogens with zero attached hydrogens (tertiary/aromatic N) is 1. The number of halogens is 1. The van der Waals surface area contributed by atoms with Crippen LogP contribution in [0.4, 0.5) is 0 Å². The SMILES string of the molecule is CCOCCNC(=NC)NCCNS(C)(=O)=O.I. The van der Waals surface area contributed by atoms with Crippen LogP contribution in [0.5, 0.6) is 0 Å². The van der Waals surface area contributed by atoms with Crippen LogP contribution in [-0.2, 0) is 14.8 Å². The van der Waals surface area contributed by atoms with E-state index < -0.39 is 10.0 Å². The molecule has 0 aromatic heterocycles. The highest BCUT2D eigenvalue weighted by Gasteiger charge is 2.00. The van der Waals surface area contributed by atoms with E-state index in [4.69, 9.17) is 4.74 Å². The summed E-state index contributed by atoms with van der Waals surface area (Å²) in [6, 6.07) is 0. The normalized spacial score (nSPS) is 11.8. The van der Waals surface area contributed by atoms with Gasteiger partial charge in [0.05, 0.1) is 12.9 Å². The fraction of sp³-hybridized carbons (Fsp3) is 0.889. The number of aliphatic imine (C=N–C) groups is 1. The monoisotopic (exact) mass is 394 g/mol. The van der Waals surface area contributed by atoms with Crippen molar-refractivity contribution in [2.75, 3.05) is 46.2 Å². The zero-order valence-corrected chi connectivity index (χ0v) is 14.2. The summed E-state index contributed by atoms with van der Waals surface area (Å²) in [7, 11) is -1.47. The number of sulfonamides is 1. The molecule has 0 aliphatic rings. The van der Waals surface area contributed by atoms with Crippen molar-refractivity contribution in [3.05, 3.63) is 0 Å². The van der Waals surface area contributed by atoms with Crippen molar-refractivity contribution in [1.29, 1.82) is 0 Å². The van der Waals surface area contributed by atoms with E-state index in [0.717, 1.165) is 6.26 Å². The molecular formula is C9H23IN4O3S. The summed E-state index contributed by atoms with van der Waals surface area (Å²) in [4.78, 5) is 3.98. The predicted octanol–water partition coefficient (Wildman–Crippen LogP) is -0.645. The Morgan fingerprint density at radius 1 is 1.22 bits per heavy atom. The Morgan fingerprint density at radius 3 is 2.33 bits per heavy atom. The first kappa shape index (κ1) is 20.2. The molecule has 0 unspecified atom stereocenters. The van der Waals surface area contributed by atoms with Crippen LogP contribution in [0.15, 0.2) is 4.99 Å². The molecule has 7 nitrogen and oxygen atoms in total. The zero-order chi connectivity index (χ0) is 13.1. The molecule has 0 amide bonds. The maximum Gasteiger partial charge on any atom is 0.208 e. The molecular weight excluding hydrogens is 371 g/mol. The molecule has 0 aromatic rings. The Balaban J connectivity index is 0. The highest BCUT2D eigenvalue weighted by atomic mass is 127. The third-order valence-electron chi connectivity index (χ3n) is 1.75. The Hall–Kier alpha value is -0.130. The molecule has 0 fully saturated rings. The maximum atomic E-state index is 10.8. The van der Waals surface area contributed by atoms with Gasteiger partial charge in [-0.25, -0.2) is 13.1 Å². The lowest BCUT2D eigenvalue weighted by Gasteiger charge is -2.11. The van der Waals surface area contributed by atoms with Gasteiger partial charge in [-0.15, -0.1) is 24.0 Å². The second-order valence-corrected chi connectivity index (χ2v) is 5.12. The molecule has 9 heteroatoms. The van der Waals surface area contributed by atoms with Crippen LogP contribution >= 0.6 is 24.0 Å². The molecule has 18 heavy (non-hydrogen) atoms. The van der Waals surface area contributed by atoms with E-state index in [9.17, 15) is 8.42 Å². The Bertz CT molecular complexity index is 322. The van der Waals surface area contributed by atoms with E-state index in [0.29, 0.717) is 38.8 Å². The average molecular weight is 394 g/mol. The van der Waals surface area contributed by atoms with Crippen molar-refractivity contribution in [1.82, 2.24) is 15.4 Å². The van der Waals surface area contributed by atoms with Gasteiger partial charge in [-0.3, -0.25) is 4.99 Å². The maximum absolute atomic E-state index is 10.8. The van der Waals surface area contributed by atoms with Crippen molar-refractivity contribution in [3.63, 3.8) is 0 Å². The summed E-state index contributed by atoms with van der Waals surface area (Å²) in [6.07, 6.45) is 1.13. The number of nitrogens with one attached hydrogen (secondary N) is 3. The van der Waals surface area contributed by atoms with Crippen LogP contribution in [0, 0.1) is 0 Å². The second kappa shape index (κ2) is 11.9. The number of hydrogen-bond donors (Lipinski definition) is 3. The summed E-state index contributed by atoms with van der Waals surface area (Å²) >= 11 is 0. The minimum atomic E-state index is -3.12. The van der Waals surface area contributed by atoms with Gasteiger partial charge in [-0.05, 0) is 6.92 Å². The standard InChI is InChI=1S/C9H22N4O3S.HI/c1-4-16-8-7-12-9(10-2)11-5-6-13-17(3,14)15;/h13H,4-8H2,1-3H3,(H2,10,11,12);1H. The van der Waals surface area contributed by atoms with E-state index in [2.05, 4.69) is 20.3 Å². The van der Waals surface area contributed by atoms with E-state index in [1.165, 1.54) is 0 Å². The average Bonchev–Trinajstić information content (AvgIpc) is 2.25. The molecule has 0 atom stereocenters. The lowest BCUT2D eigenvalue weighted by atomic mass is 10.6. The van der Waals surface area contributed by atoms with Crippen molar-refractivity contribution in [2.24, 2.45) is 4.99 Å². The van der Waals surface area contributed by atoms with Gasteiger partial charge >= 0.3 is 0 Å². The van der Waals surface area contributed by atoms with Crippen LogP contribution in [0.25, 0.3) is 0 Å².